The summed E-state index contributed by atoms with van der Waals surface area (Å²) in [6.45, 7) is 14.1. The summed E-state index contributed by atoms with van der Waals surface area (Å²) in [4.78, 5) is 2.34. The van der Waals surface area contributed by atoms with E-state index in [1.807, 2.05) is 6.92 Å². The maximum atomic E-state index is 6.38. The fourth-order valence-corrected chi connectivity index (χ4v) is 3.65. The molecular formula is C22H44BNO5. The average molecular weight is 413 g/mol. The van der Waals surface area contributed by atoms with Crippen LogP contribution in [0.3, 0.4) is 0 Å². The van der Waals surface area contributed by atoms with E-state index in [0.29, 0.717) is 26.4 Å². The molecule has 1 saturated heterocycles. The number of ether oxygens (including phenoxy) is 4. The van der Waals surface area contributed by atoms with Crippen molar-refractivity contribution in [3.63, 3.8) is 0 Å². The standard InChI is InChI=1S/C22H44BNO5/c1-5-9-13-26-20-17-24(12-16-25-8-4)19(18-29-23)21(27-14-10-6-2)22(20)28-15-11-7-3/h19-22H,5-18H2,1-4H3/t19-,20+,21-,22-/m1/s1. The Bertz CT molecular complexity index is 377. The summed E-state index contributed by atoms with van der Waals surface area (Å²) < 4.78 is 29.8. The highest BCUT2D eigenvalue weighted by Crippen LogP contribution is 2.27. The molecule has 0 amide bonds. The van der Waals surface area contributed by atoms with Gasteiger partial charge in [0.25, 0.3) is 8.05 Å². The SMILES string of the molecule is [B]OC[C@@H]1[C@@H](OCCCC)[C@H](OCCCC)[C@@H](OCCCC)CN1CCOCC. The second-order valence-corrected chi connectivity index (χ2v) is 7.73. The van der Waals surface area contributed by atoms with Crippen molar-refractivity contribution in [3.05, 3.63) is 0 Å². The predicted octanol–water partition coefficient (Wildman–Crippen LogP) is 3.36. The molecule has 0 bridgehead atoms. The number of unbranched alkanes of at least 4 members (excludes halogenated alkanes) is 3. The maximum absolute atomic E-state index is 6.38. The topological polar surface area (TPSA) is 49.4 Å². The molecule has 0 aliphatic carbocycles. The molecule has 170 valence electrons. The first-order valence-electron chi connectivity index (χ1n) is 11.7. The highest BCUT2D eigenvalue weighted by molar-refractivity contribution is 5.97. The van der Waals surface area contributed by atoms with Gasteiger partial charge in [0.2, 0.25) is 0 Å². The lowest BCUT2D eigenvalue weighted by Crippen LogP contribution is -2.65. The van der Waals surface area contributed by atoms with Crippen molar-refractivity contribution in [3.8, 4) is 0 Å². The van der Waals surface area contributed by atoms with Crippen LogP contribution in [0.5, 0.6) is 0 Å². The zero-order chi connectivity index (χ0) is 21.3. The van der Waals surface area contributed by atoms with Crippen molar-refractivity contribution in [2.75, 3.05) is 52.7 Å². The summed E-state index contributed by atoms with van der Waals surface area (Å²) >= 11 is 0. The van der Waals surface area contributed by atoms with Crippen LogP contribution in [0.25, 0.3) is 0 Å². The summed E-state index contributed by atoms with van der Waals surface area (Å²) in [6.07, 6.45) is 6.14. The van der Waals surface area contributed by atoms with Gasteiger partial charge in [-0.15, -0.1) is 0 Å². The normalized spacial score (nSPS) is 25.5. The van der Waals surface area contributed by atoms with Gasteiger partial charge in [-0.3, -0.25) is 4.90 Å². The van der Waals surface area contributed by atoms with Gasteiger partial charge in [-0.05, 0) is 26.2 Å². The number of piperidine rings is 1. The zero-order valence-corrected chi connectivity index (χ0v) is 19.3. The van der Waals surface area contributed by atoms with Crippen molar-refractivity contribution < 1.29 is 23.6 Å². The molecule has 1 heterocycles. The van der Waals surface area contributed by atoms with Gasteiger partial charge in [-0.1, -0.05) is 40.0 Å². The minimum Gasteiger partial charge on any atom is -0.446 e. The highest BCUT2D eigenvalue weighted by Gasteiger charge is 2.45. The summed E-state index contributed by atoms with van der Waals surface area (Å²) in [5.74, 6) is 0. The summed E-state index contributed by atoms with van der Waals surface area (Å²) in [6, 6.07) is 0.0231. The van der Waals surface area contributed by atoms with Gasteiger partial charge in [0, 0.05) is 46.1 Å². The van der Waals surface area contributed by atoms with Gasteiger partial charge >= 0.3 is 0 Å². The van der Waals surface area contributed by atoms with Crippen LogP contribution in [0.4, 0.5) is 0 Å². The molecule has 0 aromatic rings. The Kier molecular flexibility index (Phi) is 16.2. The predicted molar refractivity (Wildman–Crippen MR) is 118 cm³/mol. The monoisotopic (exact) mass is 413 g/mol. The highest BCUT2D eigenvalue weighted by atomic mass is 16.6. The van der Waals surface area contributed by atoms with Crippen LogP contribution in [-0.4, -0.2) is 90.0 Å². The van der Waals surface area contributed by atoms with Crippen molar-refractivity contribution in [1.82, 2.24) is 4.90 Å². The Morgan fingerprint density at radius 1 is 0.793 bits per heavy atom. The number of likely N-dealkylation sites (tertiary alicyclic amines) is 1. The largest absolute Gasteiger partial charge is 0.446 e. The fourth-order valence-electron chi connectivity index (χ4n) is 3.65. The van der Waals surface area contributed by atoms with Crippen molar-refractivity contribution in [2.24, 2.45) is 0 Å². The molecule has 0 N–H and O–H groups in total. The molecule has 6 nitrogen and oxygen atoms in total. The molecule has 1 aliphatic heterocycles. The van der Waals surface area contributed by atoms with E-state index in [1.165, 1.54) is 0 Å². The molecule has 7 heteroatoms. The Labute approximate surface area is 180 Å². The fraction of sp³-hybridized carbons (Fsp3) is 1.00. The van der Waals surface area contributed by atoms with Gasteiger partial charge in [-0.2, -0.15) is 0 Å². The summed E-state index contributed by atoms with van der Waals surface area (Å²) in [7, 11) is 5.51. The summed E-state index contributed by atoms with van der Waals surface area (Å²) in [5.41, 5.74) is 0. The molecule has 1 aliphatic rings. The van der Waals surface area contributed by atoms with E-state index in [2.05, 4.69) is 25.7 Å². The zero-order valence-electron chi connectivity index (χ0n) is 19.3. The third-order valence-corrected chi connectivity index (χ3v) is 5.39. The molecule has 29 heavy (non-hydrogen) atoms. The molecular weight excluding hydrogens is 369 g/mol. The first-order valence-corrected chi connectivity index (χ1v) is 11.7. The molecule has 0 spiro atoms. The molecule has 4 atom stereocenters. The maximum Gasteiger partial charge on any atom is 0.282 e. The van der Waals surface area contributed by atoms with Crippen LogP contribution < -0.4 is 0 Å². The van der Waals surface area contributed by atoms with Gasteiger partial charge in [-0.25, -0.2) is 0 Å². The van der Waals surface area contributed by atoms with Crippen LogP contribution in [0.2, 0.25) is 0 Å². The van der Waals surface area contributed by atoms with E-state index < -0.39 is 0 Å². The molecule has 0 aromatic heterocycles. The van der Waals surface area contributed by atoms with Crippen LogP contribution in [0.15, 0.2) is 0 Å². The third kappa shape index (κ3) is 10.1. The molecule has 2 radical (unpaired) electrons. The molecule has 1 rings (SSSR count). The Hall–Kier alpha value is -0.175. The van der Waals surface area contributed by atoms with Crippen molar-refractivity contribution in [2.45, 2.75) is 90.6 Å². The third-order valence-electron chi connectivity index (χ3n) is 5.39. The molecule has 0 unspecified atom stereocenters. The number of hydrogen-bond donors (Lipinski definition) is 0. The van der Waals surface area contributed by atoms with E-state index in [0.717, 1.165) is 64.8 Å². The number of hydrogen-bond acceptors (Lipinski definition) is 6. The van der Waals surface area contributed by atoms with Crippen molar-refractivity contribution in [1.29, 1.82) is 0 Å². The van der Waals surface area contributed by atoms with Gasteiger partial charge in [0.05, 0.1) is 18.8 Å². The van der Waals surface area contributed by atoms with E-state index in [-0.39, 0.29) is 24.4 Å². The number of nitrogens with zero attached hydrogens (tertiary/aromatic N) is 1. The molecule has 1 fully saturated rings. The first-order chi connectivity index (χ1) is 14.2. The van der Waals surface area contributed by atoms with E-state index in [9.17, 15) is 0 Å². The first kappa shape index (κ1) is 26.9. The van der Waals surface area contributed by atoms with Crippen LogP contribution >= 0.6 is 0 Å². The number of rotatable bonds is 18. The van der Waals surface area contributed by atoms with Crippen LogP contribution in [0.1, 0.15) is 66.2 Å². The second kappa shape index (κ2) is 17.5. The van der Waals surface area contributed by atoms with Gasteiger partial charge in [0.15, 0.2) is 0 Å². The van der Waals surface area contributed by atoms with Crippen LogP contribution in [-0.2, 0) is 23.6 Å². The minimum atomic E-state index is -0.135. The minimum absolute atomic E-state index is 0.0231. The van der Waals surface area contributed by atoms with E-state index >= 15 is 0 Å². The Morgan fingerprint density at radius 3 is 1.93 bits per heavy atom. The average Bonchev–Trinajstić information content (AvgIpc) is 2.72. The quantitative estimate of drug-likeness (QED) is 0.254. The van der Waals surface area contributed by atoms with Gasteiger partial charge < -0.3 is 23.6 Å². The lowest BCUT2D eigenvalue weighted by Gasteiger charge is -2.48. The van der Waals surface area contributed by atoms with Gasteiger partial charge in [0.1, 0.15) is 12.2 Å². The second-order valence-electron chi connectivity index (χ2n) is 7.73. The molecule has 0 aromatic carbocycles. The Morgan fingerprint density at radius 2 is 1.38 bits per heavy atom. The smallest absolute Gasteiger partial charge is 0.282 e. The van der Waals surface area contributed by atoms with Crippen molar-refractivity contribution >= 4 is 8.05 Å². The van der Waals surface area contributed by atoms with Crippen LogP contribution in [0, 0.1) is 0 Å². The lowest BCUT2D eigenvalue weighted by molar-refractivity contribution is -0.199. The summed E-state index contributed by atoms with van der Waals surface area (Å²) in [5, 5.41) is 0. The van der Waals surface area contributed by atoms with E-state index in [4.69, 9.17) is 31.7 Å². The van der Waals surface area contributed by atoms with E-state index in [1.54, 1.807) is 0 Å². The molecule has 0 saturated carbocycles. The lowest BCUT2D eigenvalue weighted by atomic mass is 9.93. The Balaban J connectivity index is 2.98.